The molecule has 0 N–H and O–H groups in total. The fraction of sp³-hybridized carbons (Fsp3) is 0.412. The predicted molar refractivity (Wildman–Crippen MR) is 225 cm³/mol. The number of rotatable bonds is 8. The smallest absolute Gasteiger partial charge is 0.114 e. The van der Waals surface area contributed by atoms with E-state index in [1.54, 1.807) is 27.9 Å². The summed E-state index contributed by atoms with van der Waals surface area (Å²) in [6.07, 6.45) is 50.7. The monoisotopic (exact) mass is 701 g/mol. The molecule has 2 heteroatoms. The molecule has 1 aliphatic heterocycles. The van der Waals surface area contributed by atoms with Crippen molar-refractivity contribution in [3.8, 4) is 0 Å². The molecular formula is C51H59NO. The predicted octanol–water partition coefficient (Wildman–Crippen LogP) is 14.0. The Bertz CT molecular complexity index is 1970. The Morgan fingerprint density at radius 3 is 2.64 bits per heavy atom. The lowest BCUT2D eigenvalue weighted by molar-refractivity contribution is 0.387. The Labute approximate surface area is 319 Å². The molecule has 1 aromatic rings. The van der Waals surface area contributed by atoms with Gasteiger partial charge in [-0.15, -0.1) is 0 Å². The van der Waals surface area contributed by atoms with Crippen LogP contribution in [0.5, 0.6) is 0 Å². The molecule has 6 aliphatic carbocycles. The third kappa shape index (κ3) is 7.44. The molecular weight excluding hydrogens is 643 g/mol. The number of hydrogen-bond acceptors (Lipinski definition) is 2. The largest absolute Gasteiger partial charge is 0.467 e. The first-order chi connectivity index (χ1) is 26.1. The van der Waals surface area contributed by atoms with Crippen molar-refractivity contribution in [1.29, 1.82) is 0 Å². The summed E-state index contributed by atoms with van der Waals surface area (Å²) in [5.74, 6) is 2.75. The zero-order chi connectivity index (χ0) is 36.1. The van der Waals surface area contributed by atoms with Gasteiger partial charge in [0.15, 0.2) is 0 Å². The van der Waals surface area contributed by atoms with Gasteiger partial charge in [0, 0.05) is 35.6 Å². The van der Waals surface area contributed by atoms with E-state index in [1.807, 2.05) is 12.3 Å². The van der Waals surface area contributed by atoms with Gasteiger partial charge in [-0.3, -0.25) is 0 Å². The number of fused-ring (bicyclic) bond motifs is 3. The van der Waals surface area contributed by atoms with E-state index in [4.69, 9.17) is 4.42 Å². The molecule has 0 saturated heterocycles. The lowest BCUT2D eigenvalue weighted by atomic mass is 9.72. The molecule has 3 atom stereocenters. The van der Waals surface area contributed by atoms with Crippen molar-refractivity contribution < 1.29 is 4.42 Å². The Kier molecular flexibility index (Phi) is 11.0. The van der Waals surface area contributed by atoms with Crippen LogP contribution < -0.4 is 4.90 Å². The molecule has 53 heavy (non-hydrogen) atoms. The first-order valence-corrected chi connectivity index (χ1v) is 20.9. The third-order valence-corrected chi connectivity index (χ3v) is 13.1. The molecule has 8 rings (SSSR count). The van der Waals surface area contributed by atoms with Crippen molar-refractivity contribution in [2.75, 3.05) is 4.90 Å². The molecule has 274 valence electrons. The van der Waals surface area contributed by atoms with Crippen LogP contribution in [0.15, 0.2) is 153 Å². The van der Waals surface area contributed by atoms with E-state index in [0.717, 1.165) is 69.5 Å². The lowest BCUT2D eigenvalue weighted by Gasteiger charge is -2.35. The average Bonchev–Trinajstić information content (AvgIpc) is 3.57. The summed E-state index contributed by atoms with van der Waals surface area (Å²) < 4.78 is 6.54. The topological polar surface area (TPSA) is 16.4 Å². The highest BCUT2D eigenvalue weighted by Gasteiger charge is 2.42. The maximum absolute atomic E-state index is 6.54. The number of aryl methyl sites for hydroxylation is 2. The van der Waals surface area contributed by atoms with Crippen LogP contribution in [-0.4, -0.2) is 6.04 Å². The van der Waals surface area contributed by atoms with Crippen molar-refractivity contribution in [2.24, 2.45) is 17.8 Å². The van der Waals surface area contributed by atoms with Gasteiger partial charge in [0.1, 0.15) is 12.0 Å². The van der Waals surface area contributed by atoms with E-state index in [1.165, 1.54) is 72.2 Å². The quantitative estimate of drug-likeness (QED) is 0.251. The summed E-state index contributed by atoms with van der Waals surface area (Å²) >= 11 is 0. The molecule has 1 aromatic heterocycles. The second-order valence-electron chi connectivity index (χ2n) is 16.2. The Balaban J connectivity index is 1.08. The van der Waals surface area contributed by atoms with Crippen molar-refractivity contribution in [3.05, 3.63) is 166 Å². The SMILES string of the molecule is C=C/C=C\C=C(/CC)C1=C(C2CCCCC2)CC(C2=CCCC(C3=CC4C5=C(C=CCC5)N(c5cccc(C)c6c(oc5)CCC=C6)C4CC3)=C2)C=C1. The van der Waals surface area contributed by atoms with Crippen LogP contribution in [-0.2, 0) is 6.42 Å². The molecule has 3 unspecified atom stereocenters. The number of anilines is 1. The van der Waals surface area contributed by atoms with E-state index in [0.29, 0.717) is 17.9 Å². The highest BCUT2D eigenvalue weighted by molar-refractivity contribution is 5.63. The van der Waals surface area contributed by atoms with Crippen molar-refractivity contribution >= 4 is 11.8 Å². The molecule has 2 heterocycles. The van der Waals surface area contributed by atoms with Crippen molar-refractivity contribution in [2.45, 2.75) is 116 Å². The maximum atomic E-state index is 6.54. The molecule has 1 fully saturated rings. The molecule has 0 spiro atoms. The second-order valence-corrected chi connectivity index (χ2v) is 16.2. The summed E-state index contributed by atoms with van der Waals surface area (Å²) in [7, 11) is 0. The van der Waals surface area contributed by atoms with Crippen LogP contribution in [0.25, 0.3) is 6.08 Å². The minimum absolute atomic E-state index is 0.431. The van der Waals surface area contributed by atoms with Crippen molar-refractivity contribution in [3.63, 3.8) is 0 Å². The molecule has 1 saturated carbocycles. The summed E-state index contributed by atoms with van der Waals surface area (Å²) in [6, 6.07) is 7.19. The van der Waals surface area contributed by atoms with Gasteiger partial charge in [0.05, 0.1) is 5.69 Å². The maximum Gasteiger partial charge on any atom is 0.114 e. The first-order valence-electron chi connectivity index (χ1n) is 20.9. The van der Waals surface area contributed by atoms with Gasteiger partial charge < -0.3 is 9.32 Å². The molecule has 0 amide bonds. The van der Waals surface area contributed by atoms with Gasteiger partial charge in [0.25, 0.3) is 0 Å². The highest BCUT2D eigenvalue weighted by atomic mass is 16.3. The lowest BCUT2D eigenvalue weighted by Crippen LogP contribution is -2.35. The molecule has 0 bridgehead atoms. The number of allylic oxidation sites excluding steroid dienone is 17. The van der Waals surface area contributed by atoms with Gasteiger partial charge in [-0.1, -0.05) is 123 Å². The Morgan fingerprint density at radius 2 is 1.77 bits per heavy atom. The van der Waals surface area contributed by atoms with Crippen LogP contribution >= 0.6 is 0 Å². The molecule has 2 nitrogen and oxygen atoms in total. The fourth-order valence-corrected chi connectivity index (χ4v) is 10.3. The van der Waals surface area contributed by atoms with Crippen LogP contribution in [0, 0.1) is 24.7 Å². The van der Waals surface area contributed by atoms with Crippen LogP contribution in [0.3, 0.4) is 0 Å². The van der Waals surface area contributed by atoms with Crippen LogP contribution in [0.4, 0.5) is 5.69 Å². The van der Waals surface area contributed by atoms with E-state index >= 15 is 0 Å². The normalized spacial score (nSPS) is 25.8. The van der Waals surface area contributed by atoms with Crippen LogP contribution in [0.1, 0.15) is 114 Å². The minimum atomic E-state index is 0.431. The first kappa shape index (κ1) is 35.7. The van der Waals surface area contributed by atoms with E-state index in [2.05, 4.69) is 116 Å². The summed E-state index contributed by atoms with van der Waals surface area (Å²) in [5, 5.41) is 0. The van der Waals surface area contributed by atoms with Gasteiger partial charge >= 0.3 is 0 Å². The fourth-order valence-electron chi connectivity index (χ4n) is 10.3. The van der Waals surface area contributed by atoms with Crippen molar-refractivity contribution in [1.82, 2.24) is 0 Å². The zero-order valence-electron chi connectivity index (χ0n) is 32.3. The minimum Gasteiger partial charge on any atom is -0.467 e. The number of hydrogen-bond donors (Lipinski definition) is 0. The van der Waals surface area contributed by atoms with Gasteiger partial charge in [-0.2, -0.15) is 0 Å². The Hall–Kier alpha value is -4.30. The van der Waals surface area contributed by atoms with E-state index in [-0.39, 0.29) is 0 Å². The summed E-state index contributed by atoms with van der Waals surface area (Å²) in [6.45, 7) is 8.40. The number of nitrogens with zero attached hydrogens (tertiary/aromatic N) is 1. The second kappa shape index (κ2) is 16.4. The van der Waals surface area contributed by atoms with Gasteiger partial charge in [-0.05, 0) is 135 Å². The molecule has 0 aromatic carbocycles. The van der Waals surface area contributed by atoms with E-state index < -0.39 is 0 Å². The highest BCUT2D eigenvalue weighted by Crippen LogP contribution is 2.49. The van der Waals surface area contributed by atoms with Crippen LogP contribution in [0.2, 0.25) is 0 Å². The summed E-state index contributed by atoms with van der Waals surface area (Å²) in [5.41, 5.74) is 16.2. The Morgan fingerprint density at radius 1 is 0.906 bits per heavy atom. The summed E-state index contributed by atoms with van der Waals surface area (Å²) in [4.78, 5) is 2.63. The molecule has 0 radical (unpaired) electrons. The standard InChI is InChI=1S/C51H59NO/c1-4-6-8-18-37(5-2)45-30-28-41(33-47(45)38-19-9-7-10-20-38)39-21-16-22-40(32-39)42-29-31-50-48(34-42)46-25-11-13-26-49(46)52(50)43-23-15-17-36(3)44-24-12-14-27-51(44)53-35-43/h4,6,8,12-13,15,17-18,21,23-24,26,28,30,32,34-35,38,41,48,50H,1,5,7,9-11,14,16,19-20,22,25,27,29,31,33H2,2-3H3/b8-6-,23-15?,36-17?,37-18+,43-35?. The van der Waals surface area contributed by atoms with E-state index in [9.17, 15) is 0 Å². The average molecular weight is 702 g/mol. The van der Waals surface area contributed by atoms with Gasteiger partial charge in [0.2, 0.25) is 0 Å². The zero-order valence-corrected chi connectivity index (χ0v) is 32.3. The third-order valence-electron chi connectivity index (χ3n) is 13.1. The van der Waals surface area contributed by atoms with Gasteiger partial charge in [-0.25, -0.2) is 0 Å². The molecule has 7 aliphatic rings.